The van der Waals surface area contributed by atoms with Gasteiger partial charge in [-0.2, -0.15) is 0 Å². The molecule has 0 saturated heterocycles. The summed E-state index contributed by atoms with van der Waals surface area (Å²) < 4.78 is 0. The van der Waals surface area contributed by atoms with Gasteiger partial charge in [-0.05, 0) is 23.8 Å². The predicted molar refractivity (Wildman–Crippen MR) is 55.2 cm³/mol. The van der Waals surface area contributed by atoms with Gasteiger partial charge in [0, 0.05) is 35.2 Å². The molecule has 1 aromatic carbocycles. The first-order valence-electron chi connectivity index (χ1n) is 4.70. The summed E-state index contributed by atoms with van der Waals surface area (Å²) >= 11 is 0. The van der Waals surface area contributed by atoms with E-state index in [4.69, 9.17) is 0 Å². The molecular formula is C11H12N2. The Bertz CT molecular complexity index is 456. The van der Waals surface area contributed by atoms with Gasteiger partial charge >= 0.3 is 0 Å². The second-order valence-corrected chi connectivity index (χ2v) is 3.75. The number of fused-ring (bicyclic) bond motifs is 3. The van der Waals surface area contributed by atoms with Gasteiger partial charge in [-0.1, -0.05) is 6.92 Å². The topological polar surface area (TPSA) is 27.8 Å². The second kappa shape index (κ2) is 2.28. The maximum absolute atomic E-state index is 3.42. The van der Waals surface area contributed by atoms with Gasteiger partial charge in [-0.25, -0.2) is 0 Å². The first kappa shape index (κ1) is 7.01. The molecule has 2 heterocycles. The van der Waals surface area contributed by atoms with Gasteiger partial charge in [0.2, 0.25) is 0 Å². The van der Waals surface area contributed by atoms with E-state index in [2.05, 4.69) is 35.4 Å². The highest BCUT2D eigenvalue weighted by atomic mass is 14.9. The van der Waals surface area contributed by atoms with Crippen LogP contribution in [-0.4, -0.2) is 11.5 Å². The van der Waals surface area contributed by atoms with Crippen molar-refractivity contribution in [3.8, 4) is 0 Å². The highest BCUT2D eigenvalue weighted by Crippen LogP contribution is 2.36. The molecule has 0 saturated carbocycles. The predicted octanol–water partition coefficient (Wildman–Crippen LogP) is 2.70. The maximum Gasteiger partial charge on any atom is 0.0458 e. The summed E-state index contributed by atoms with van der Waals surface area (Å²) in [6, 6.07) is 6.47. The fourth-order valence-electron chi connectivity index (χ4n) is 2.21. The van der Waals surface area contributed by atoms with E-state index in [1.807, 2.05) is 6.20 Å². The van der Waals surface area contributed by atoms with Crippen LogP contribution < -0.4 is 5.32 Å². The van der Waals surface area contributed by atoms with Crippen LogP contribution in [-0.2, 0) is 0 Å². The van der Waals surface area contributed by atoms with Crippen LogP contribution in [0.15, 0.2) is 24.4 Å². The first-order chi connectivity index (χ1) is 6.36. The van der Waals surface area contributed by atoms with Gasteiger partial charge in [0.1, 0.15) is 0 Å². The van der Waals surface area contributed by atoms with E-state index in [1.165, 1.54) is 22.2 Å². The van der Waals surface area contributed by atoms with E-state index in [0.717, 1.165) is 6.54 Å². The number of anilines is 1. The molecule has 1 aromatic heterocycles. The minimum atomic E-state index is 0.634. The Balaban J connectivity index is 2.42. The standard InChI is InChI=1S/C11H12N2/c1-7-6-13-10-3-2-9-8(11(7)10)4-5-12-9/h2-5,7,12-13H,6H2,1H3. The van der Waals surface area contributed by atoms with E-state index >= 15 is 0 Å². The van der Waals surface area contributed by atoms with Gasteiger partial charge in [-0.3, -0.25) is 0 Å². The summed E-state index contributed by atoms with van der Waals surface area (Å²) in [7, 11) is 0. The number of aromatic amines is 1. The lowest BCUT2D eigenvalue weighted by Gasteiger charge is -2.03. The lowest BCUT2D eigenvalue weighted by molar-refractivity contribution is 0.861. The van der Waals surface area contributed by atoms with Gasteiger partial charge in [0.05, 0.1) is 0 Å². The molecule has 2 N–H and O–H groups in total. The van der Waals surface area contributed by atoms with Gasteiger partial charge < -0.3 is 10.3 Å². The minimum absolute atomic E-state index is 0.634. The Kier molecular flexibility index (Phi) is 1.23. The van der Waals surface area contributed by atoms with Gasteiger partial charge in [0.15, 0.2) is 0 Å². The van der Waals surface area contributed by atoms with Crippen molar-refractivity contribution in [1.82, 2.24) is 4.98 Å². The summed E-state index contributed by atoms with van der Waals surface area (Å²) in [6.07, 6.45) is 2.01. The van der Waals surface area contributed by atoms with Crippen LogP contribution in [0.5, 0.6) is 0 Å². The maximum atomic E-state index is 3.42. The SMILES string of the molecule is CC1CNc2ccc3[nH]ccc3c21. The van der Waals surface area contributed by atoms with Crippen LogP contribution in [0.2, 0.25) is 0 Å². The molecule has 2 aromatic rings. The van der Waals surface area contributed by atoms with E-state index in [1.54, 1.807) is 0 Å². The summed E-state index contributed by atoms with van der Waals surface area (Å²) in [4.78, 5) is 3.24. The van der Waals surface area contributed by atoms with E-state index in [0.29, 0.717) is 5.92 Å². The van der Waals surface area contributed by atoms with Crippen LogP contribution in [0.4, 0.5) is 5.69 Å². The van der Waals surface area contributed by atoms with E-state index < -0.39 is 0 Å². The molecule has 2 nitrogen and oxygen atoms in total. The van der Waals surface area contributed by atoms with Crippen molar-refractivity contribution < 1.29 is 0 Å². The van der Waals surface area contributed by atoms with Crippen molar-refractivity contribution in [2.24, 2.45) is 0 Å². The summed E-state index contributed by atoms with van der Waals surface area (Å²) in [5.41, 5.74) is 4.02. The molecule has 0 bridgehead atoms. The third-order valence-corrected chi connectivity index (χ3v) is 2.87. The van der Waals surface area contributed by atoms with Crippen molar-refractivity contribution in [1.29, 1.82) is 0 Å². The molecule has 1 unspecified atom stereocenters. The van der Waals surface area contributed by atoms with Crippen molar-refractivity contribution in [3.05, 3.63) is 30.0 Å². The summed E-state index contributed by atoms with van der Waals surface area (Å²) in [6.45, 7) is 3.34. The smallest absolute Gasteiger partial charge is 0.0458 e. The largest absolute Gasteiger partial charge is 0.384 e. The van der Waals surface area contributed by atoms with Crippen LogP contribution >= 0.6 is 0 Å². The molecule has 1 aliphatic rings. The normalized spacial score (nSPS) is 20.2. The monoisotopic (exact) mass is 172 g/mol. The molecule has 0 amide bonds. The summed E-state index contributed by atoms with van der Waals surface area (Å²) in [5.74, 6) is 0.634. The molecule has 2 heteroatoms. The fraction of sp³-hybridized carbons (Fsp3) is 0.273. The number of hydrogen-bond donors (Lipinski definition) is 2. The lowest BCUT2D eigenvalue weighted by atomic mass is 10.00. The average Bonchev–Trinajstić information content (AvgIpc) is 2.70. The van der Waals surface area contributed by atoms with Crippen molar-refractivity contribution >= 4 is 16.6 Å². The molecule has 1 aliphatic heterocycles. The Labute approximate surface area is 77.0 Å². The third-order valence-electron chi connectivity index (χ3n) is 2.87. The van der Waals surface area contributed by atoms with Crippen molar-refractivity contribution in [2.75, 3.05) is 11.9 Å². The molecule has 0 fully saturated rings. The quantitative estimate of drug-likeness (QED) is 0.628. The molecule has 0 aliphatic carbocycles. The summed E-state index contributed by atoms with van der Waals surface area (Å²) in [5, 5.41) is 4.79. The molecule has 66 valence electrons. The van der Waals surface area contributed by atoms with Crippen LogP contribution in [0.25, 0.3) is 10.9 Å². The molecule has 0 spiro atoms. The molecule has 3 rings (SSSR count). The number of hydrogen-bond acceptors (Lipinski definition) is 1. The Morgan fingerprint density at radius 3 is 3.15 bits per heavy atom. The first-order valence-corrected chi connectivity index (χ1v) is 4.70. The van der Waals surface area contributed by atoms with Crippen LogP contribution in [0.1, 0.15) is 18.4 Å². The van der Waals surface area contributed by atoms with E-state index in [9.17, 15) is 0 Å². The fourth-order valence-corrected chi connectivity index (χ4v) is 2.21. The van der Waals surface area contributed by atoms with Crippen LogP contribution in [0, 0.1) is 0 Å². The number of nitrogens with one attached hydrogen (secondary N) is 2. The zero-order chi connectivity index (χ0) is 8.84. The number of aromatic nitrogens is 1. The number of benzene rings is 1. The Hall–Kier alpha value is -1.44. The number of H-pyrrole nitrogens is 1. The van der Waals surface area contributed by atoms with E-state index in [-0.39, 0.29) is 0 Å². The average molecular weight is 172 g/mol. The highest BCUT2D eigenvalue weighted by molar-refractivity contribution is 5.89. The highest BCUT2D eigenvalue weighted by Gasteiger charge is 2.20. The molecule has 13 heavy (non-hydrogen) atoms. The molecule has 0 radical (unpaired) electrons. The Morgan fingerprint density at radius 1 is 1.31 bits per heavy atom. The Morgan fingerprint density at radius 2 is 2.23 bits per heavy atom. The lowest BCUT2D eigenvalue weighted by Crippen LogP contribution is -1.96. The number of rotatable bonds is 0. The van der Waals surface area contributed by atoms with Crippen molar-refractivity contribution in [2.45, 2.75) is 12.8 Å². The second-order valence-electron chi connectivity index (χ2n) is 3.75. The van der Waals surface area contributed by atoms with Gasteiger partial charge in [0.25, 0.3) is 0 Å². The molecule has 1 atom stereocenters. The molecular weight excluding hydrogens is 160 g/mol. The van der Waals surface area contributed by atoms with Crippen LogP contribution in [0.3, 0.4) is 0 Å². The zero-order valence-corrected chi connectivity index (χ0v) is 7.59. The van der Waals surface area contributed by atoms with Gasteiger partial charge in [-0.15, -0.1) is 0 Å². The third kappa shape index (κ3) is 0.829. The van der Waals surface area contributed by atoms with Crippen molar-refractivity contribution in [3.63, 3.8) is 0 Å². The minimum Gasteiger partial charge on any atom is -0.384 e. The zero-order valence-electron chi connectivity index (χ0n) is 7.59.